The number of ether oxygens (including phenoxy) is 1. The number of amides is 2. The molecule has 3 aliphatic heterocycles. The number of halogens is 4. The molecule has 5 N–H and O–H groups in total. The fourth-order valence-corrected chi connectivity index (χ4v) is 4.55. The van der Waals surface area contributed by atoms with Crippen LogP contribution in [0.25, 0.3) is 0 Å². The molecule has 0 bridgehead atoms. The number of nitrogens with one attached hydrogen (secondary N) is 2. The molecule has 0 radical (unpaired) electrons. The Hall–Kier alpha value is -3.55. The number of hydrogen-bond acceptors (Lipinski definition) is 7. The fraction of sp³-hybridized carbons (Fsp3) is 0.423. The molecule has 2 aromatic rings. The summed E-state index contributed by atoms with van der Waals surface area (Å²) < 4.78 is 58.9. The lowest BCUT2D eigenvalue weighted by Crippen LogP contribution is -2.61. The van der Waals surface area contributed by atoms with Crippen molar-refractivity contribution in [3.05, 3.63) is 70.3 Å². The molecule has 3 heterocycles. The quantitative estimate of drug-likeness (QED) is 0.341. The van der Waals surface area contributed by atoms with Crippen LogP contribution in [0, 0.1) is 30.2 Å². The first-order valence-electron chi connectivity index (χ1n) is 12.4. The highest BCUT2D eigenvalue weighted by Crippen LogP contribution is 2.30. The predicted octanol–water partition coefficient (Wildman–Crippen LogP) is 2.26. The van der Waals surface area contributed by atoms with Gasteiger partial charge in [0, 0.05) is 37.2 Å². The Balaban J connectivity index is 0.000000212. The van der Waals surface area contributed by atoms with Gasteiger partial charge in [0.1, 0.15) is 23.3 Å². The second-order valence-electron chi connectivity index (χ2n) is 9.54. The van der Waals surface area contributed by atoms with Crippen LogP contribution in [-0.4, -0.2) is 52.6 Å². The molecule has 0 aliphatic carbocycles. The second-order valence-corrected chi connectivity index (χ2v) is 9.54. The zero-order valence-corrected chi connectivity index (χ0v) is 21.1. The third-order valence-corrected chi connectivity index (χ3v) is 6.76. The van der Waals surface area contributed by atoms with E-state index in [1.165, 1.54) is 13.0 Å². The smallest absolute Gasteiger partial charge is 0.269 e. The van der Waals surface area contributed by atoms with E-state index in [2.05, 4.69) is 15.8 Å². The van der Waals surface area contributed by atoms with Crippen LogP contribution in [0.3, 0.4) is 0 Å². The highest BCUT2D eigenvalue weighted by atomic mass is 19.1. The monoisotopic (exact) mass is 551 g/mol. The largest absolute Gasteiger partial charge is 0.373 e. The minimum absolute atomic E-state index is 0.0738. The van der Waals surface area contributed by atoms with Gasteiger partial charge in [-0.05, 0) is 62.1 Å². The molecule has 2 saturated heterocycles. The van der Waals surface area contributed by atoms with Gasteiger partial charge in [-0.2, -0.15) is 5.10 Å². The van der Waals surface area contributed by atoms with Crippen LogP contribution < -0.4 is 16.5 Å². The van der Waals surface area contributed by atoms with Gasteiger partial charge in [0.15, 0.2) is 12.0 Å². The third-order valence-electron chi connectivity index (χ3n) is 6.76. The van der Waals surface area contributed by atoms with Crippen molar-refractivity contribution >= 4 is 17.6 Å². The summed E-state index contributed by atoms with van der Waals surface area (Å²) >= 11 is 0. The topological polar surface area (TPSA) is 129 Å². The number of aryl methyl sites for hydroxylation is 1. The Morgan fingerprint density at radius 3 is 2.64 bits per heavy atom. The lowest BCUT2D eigenvalue weighted by atomic mass is 10.0. The van der Waals surface area contributed by atoms with E-state index in [0.29, 0.717) is 12.2 Å². The molecule has 3 aliphatic rings. The summed E-state index contributed by atoms with van der Waals surface area (Å²) in [5, 5.41) is 16.5. The zero-order valence-electron chi connectivity index (χ0n) is 21.1. The highest BCUT2D eigenvalue weighted by Gasteiger charge is 2.53. The molecule has 2 amide bonds. The van der Waals surface area contributed by atoms with Gasteiger partial charge in [-0.15, -0.1) is 0 Å². The highest BCUT2D eigenvalue weighted by molar-refractivity contribution is 6.16. The summed E-state index contributed by atoms with van der Waals surface area (Å²) in [6, 6.07) is 5.49. The number of nitrogens with two attached hydrogens (primary N) is 1. The summed E-state index contributed by atoms with van der Waals surface area (Å²) in [5.41, 5.74) is 6.17. The first kappa shape index (κ1) is 28.5. The molecule has 210 valence electrons. The molecule has 0 saturated carbocycles. The van der Waals surface area contributed by atoms with Gasteiger partial charge >= 0.3 is 0 Å². The average molecular weight is 552 g/mol. The van der Waals surface area contributed by atoms with Crippen molar-refractivity contribution in [1.29, 1.82) is 0 Å². The Morgan fingerprint density at radius 2 is 2.00 bits per heavy atom. The first-order chi connectivity index (χ1) is 18.5. The minimum Gasteiger partial charge on any atom is -0.373 e. The number of carbonyl (C=O) groups excluding carboxylic acids is 2. The van der Waals surface area contributed by atoms with E-state index in [9.17, 15) is 32.3 Å². The summed E-state index contributed by atoms with van der Waals surface area (Å²) in [7, 11) is 0. The molecular weight excluding hydrogens is 522 g/mol. The average Bonchev–Trinajstić information content (AvgIpc) is 3.21. The van der Waals surface area contributed by atoms with Gasteiger partial charge in [0.25, 0.3) is 11.8 Å². The lowest BCUT2D eigenvalue weighted by Gasteiger charge is -2.30. The second kappa shape index (κ2) is 11.7. The summed E-state index contributed by atoms with van der Waals surface area (Å²) in [5.74, 6) is -3.68. The van der Waals surface area contributed by atoms with E-state index >= 15 is 0 Å². The molecular formula is C26H29F4N5O4. The fourth-order valence-electron chi connectivity index (χ4n) is 4.55. The van der Waals surface area contributed by atoms with Crippen LogP contribution in [0.15, 0.2) is 35.4 Å². The molecule has 9 nitrogen and oxygen atoms in total. The maximum Gasteiger partial charge on any atom is 0.269 e. The van der Waals surface area contributed by atoms with Gasteiger partial charge in [0.2, 0.25) is 5.60 Å². The molecule has 5 rings (SSSR count). The molecule has 0 aromatic heterocycles. The summed E-state index contributed by atoms with van der Waals surface area (Å²) in [6.45, 7) is 1.75. The number of amidine groups is 1. The van der Waals surface area contributed by atoms with Crippen LogP contribution in [0.2, 0.25) is 0 Å². The number of aliphatic hydroxyl groups is 1. The first-order valence-corrected chi connectivity index (χ1v) is 12.4. The molecule has 13 heteroatoms. The van der Waals surface area contributed by atoms with Gasteiger partial charge in [0.05, 0.1) is 6.10 Å². The van der Waals surface area contributed by atoms with Crippen molar-refractivity contribution in [3.8, 4) is 0 Å². The Kier molecular flexibility index (Phi) is 8.52. The number of carbonyl (C=O) groups is 2. The van der Waals surface area contributed by atoms with Crippen molar-refractivity contribution in [2.75, 3.05) is 13.2 Å². The summed E-state index contributed by atoms with van der Waals surface area (Å²) in [4.78, 5) is 25.8. The van der Waals surface area contributed by atoms with E-state index in [1.54, 1.807) is 0 Å². The molecule has 2 fully saturated rings. The normalized spacial score (nSPS) is 24.2. The Labute approximate surface area is 222 Å². The van der Waals surface area contributed by atoms with Crippen molar-refractivity contribution < 1.29 is 37.0 Å². The zero-order chi connectivity index (χ0) is 28.3. The van der Waals surface area contributed by atoms with Crippen molar-refractivity contribution in [1.82, 2.24) is 15.6 Å². The number of rotatable bonds is 4. The number of likely N-dealkylation sites (tertiary alicyclic amines) is 1. The number of benzene rings is 2. The minimum atomic E-state index is -2.29. The number of hydrazone groups is 1. The van der Waals surface area contributed by atoms with Crippen LogP contribution in [0.4, 0.5) is 17.6 Å². The predicted molar refractivity (Wildman–Crippen MR) is 132 cm³/mol. The molecule has 2 unspecified atom stereocenters. The van der Waals surface area contributed by atoms with Gasteiger partial charge in [-0.3, -0.25) is 19.9 Å². The Bertz CT molecular complexity index is 1290. The van der Waals surface area contributed by atoms with Gasteiger partial charge in [-0.25, -0.2) is 17.6 Å². The van der Waals surface area contributed by atoms with Crippen LogP contribution in [-0.2, 0) is 20.9 Å². The van der Waals surface area contributed by atoms with Crippen molar-refractivity contribution in [2.45, 2.75) is 57.0 Å². The molecule has 0 spiro atoms. The molecule has 2 aromatic carbocycles. The summed E-state index contributed by atoms with van der Waals surface area (Å²) in [6.07, 6.45) is 1.74. The molecule has 39 heavy (non-hydrogen) atoms. The molecule has 3 atom stereocenters. The van der Waals surface area contributed by atoms with Crippen LogP contribution in [0.1, 0.15) is 48.5 Å². The number of nitrogens with zero attached hydrogens (tertiary/aromatic N) is 2. The maximum absolute atomic E-state index is 14.0. The SMILES string of the molecule is Cc1cc(F)cc(CNC(=O)C2(O)CCN(C3=NN[C@H]3N)C2=O)c1F.Fc1ccc(F)c(C2CCCCO2)c1. The van der Waals surface area contributed by atoms with E-state index in [-0.39, 0.29) is 48.4 Å². The van der Waals surface area contributed by atoms with Crippen LogP contribution >= 0.6 is 0 Å². The third kappa shape index (κ3) is 6.05. The van der Waals surface area contributed by atoms with Gasteiger partial charge in [-0.1, -0.05) is 0 Å². The van der Waals surface area contributed by atoms with E-state index in [4.69, 9.17) is 10.5 Å². The van der Waals surface area contributed by atoms with E-state index in [0.717, 1.165) is 48.4 Å². The maximum atomic E-state index is 14.0. The van der Waals surface area contributed by atoms with Crippen LogP contribution in [0.5, 0.6) is 0 Å². The van der Waals surface area contributed by atoms with Gasteiger partial charge < -0.3 is 20.9 Å². The van der Waals surface area contributed by atoms with Crippen molar-refractivity contribution in [3.63, 3.8) is 0 Å². The van der Waals surface area contributed by atoms with Crippen molar-refractivity contribution in [2.24, 2.45) is 10.8 Å². The standard InChI is InChI=1S/C15H17F2N5O3.C11H12F2O/c1-7-4-9(16)5-8(10(7)17)6-19-13(23)15(25)2-3-22(14(15)24)12-11(18)20-21-12;12-8-4-5-10(13)9(7-8)11-3-1-2-6-14-11/h4-5,11,20,25H,2-3,6,18H2,1H3,(H,19,23);4-5,7,11H,1-3,6H2/t11-,15?;/m1./s1. The Morgan fingerprint density at radius 1 is 1.23 bits per heavy atom. The van der Waals surface area contributed by atoms with E-state index in [1.807, 2.05) is 0 Å². The van der Waals surface area contributed by atoms with E-state index < -0.39 is 41.0 Å². The number of hydrogen-bond donors (Lipinski definition) is 4. The lowest BCUT2D eigenvalue weighted by molar-refractivity contribution is -0.152.